The van der Waals surface area contributed by atoms with Gasteiger partial charge in [0.2, 0.25) is 0 Å². The van der Waals surface area contributed by atoms with E-state index in [0.717, 1.165) is 23.5 Å². The number of carbonyl (C=O) groups excluding carboxylic acids is 1. The van der Waals surface area contributed by atoms with Crippen LogP contribution in [0, 0.1) is 0 Å². The van der Waals surface area contributed by atoms with Gasteiger partial charge in [-0.1, -0.05) is 6.92 Å². The Morgan fingerprint density at radius 3 is 2.48 bits per heavy atom. The Labute approximate surface area is 128 Å². The number of nitrogens with zero attached hydrogens (tertiary/aromatic N) is 2. The Bertz CT molecular complexity index is 584. The summed E-state index contributed by atoms with van der Waals surface area (Å²) in [5.41, 5.74) is 1.04. The smallest absolute Gasteiger partial charge is 0.276 e. The van der Waals surface area contributed by atoms with E-state index in [4.69, 9.17) is 0 Å². The monoisotopic (exact) mass is 302 g/mol. The quantitative estimate of drug-likeness (QED) is 0.802. The molecule has 1 amide bonds. The molecule has 1 aromatic carbocycles. The molecule has 0 aliphatic carbocycles. The highest BCUT2D eigenvalue weighted by Gasteiger charge is 2.08. The van der Waals surface area contributed by atoms with Gasteiger partial charge in [-0.25, -0.2) is 0 Å². The zero-order valence-electron chi connectivity index (χ0n) is 12.1. The number of aromatic nitrogens is 2. The maximum Gasteiger partial charge on any atom is 0.276 e. The Morgan fingerprint density at radius 1 is 1.14 bits per heavy atom. The van der Waals surface area contributed by atoms with Crippen molar-refractivity contribution in [1.82, 2.24) is 10.2 Å². The van der Waals surface area contributed by atoms with Gasteiger partial charge >= 0.3 is 0 Å². The SMILES string of the molecule is CCCNc1ccc(C(=O)Nc2ccc(SC)cc2)nn1. The van der Waals surface area contributed by atoms with Gasteiger partial charge in [0.1, 0.15) is 5.82 Å². The predicted octanol–water partition coefficient (Wildman–Crippen LogP) is 3.27. The Hall–Kier alpha value is -2.08. The van der Waals surface area contributed by atoms with E-state index >= 15 is 0 Å². The molecule has 5 nitrogen and oxygen atoms in total. The van der Waals surface area contributed by atoms with Gasteiger partial charge in [-0.3, -0.25) is 4.79 Å². The molecular weight excluding hydrogens is 284 g/mol. The molecule has 1 heterocycles. The standard InChI is InChI=1S/C15H18N4OS/c1-3-10-16-14-9-8-13(18-19-14)15(20)17-11-4-6-12(21-2)7-5-11/h4-9H,3,10H2,1-2H3,(H,16,19)(H,17,20). The molecule has 0 radical (unpaired) electrons. The van der Waals surface area contributed by atoms with Crippen LogP contribution in [0.2, 0.25) is 0 Å². The molecule has 2 N–H and O–H groups in total. The van der Waals surface area contributed by atoms with Gasteiger partial charge in [0.25, 0.3) is 5.91 Å². The zero-order chi connectivity index (χ0) is 15.1. The summed E-state index contributed by atoms with van der Waals surface area (Å²) in [7, 11) is 0. The van der Waals surface area contributed by atoms with E-state index in [-0.39, 0.29) is 5.91 Å². The molecule has 0 bridgehead atoms. The van der Waals surface area contributed by atoms with Gasteiger partial charge in [-0.15, -0.1) is 22.0 Å². The molecule has 2 aromatic rings. The van der Waals surface area contributed by atoms with Crippen molar-refractivity contribution in [2.75, 3.05) is 23.4 Å². The predicted molar refractivity (Wildman–Crippen MR) is 87.0 cm³/mol. The molecule has 0 fully saturated rings. The van der Waals surface area contributed by atoms with Crippen LogP contribution in [0.3, 0.4) is 0 Å². The lowest BCUT2D eigenvalue weighted by molar-refractivity contribution is 0.102. The molecule has 2 rings (SSSR count). The third kappa shape index (κ3) is 4.46. The summed E-state index contributed by atoms with van der Waals surface area (Å²) < 4.78 is 0. The lowest BCUT2D eigenvalue weighted by atomic mass is 10.3. The first-order valence-electron chi connectivity index (χ1n) is 6.76. The van der Waals surface area contributed by atoms with E-state index in [2.05, 4.69) is 27.8 Å². The summed E-state index contributed by atoms with van der Waals surface area (Å²) in [4.78, 5) is 13.2. The second-order valence-electron chi connectivity index (χ2n) is 4.41. The number of rotatable bonds is 6. The minimum absolute atomic E-state index is 0.263. The number of benzene rings is 1. The van der Waals surface area contributed by atoms with Crippen molar-refractivity contribution >= 4 is 29.2 Å². The second kappa shape index (κ2) is 7.64. The highest BCUT2D eigenvalue weighted by molar-refractivity contribution is 7.98. The van der Waals surface area contributed by atoms with E-state index < -0.39 is 0 Å². The summed E-state index contributed by atoms with van der Waals surface area (Å²) >= 11 is 1.66. The number of anilines is 2. The first kappa shape index (κ1) is 15.3. The number of nitrogens with one attached hydrogen (secondary N) is 2. The minimum atomic E-state index is -0.263. The van der Waals surface area contributed by atoms with E-state index in [1.807, 2.05) is 30.5 Å². The molecule has 0 atom stereocenters. The van der Waals surface area contributed by atoms with Crippen LogP contribution >= 0.6 is 11.8 Å². The molecule has 0 spiro atoms. The van der Waals surface area contributed by atoms with Gasteiger partial charge < -0.3 is 10.6 Å². The van der Waals surface area contributed by atoms with Crippen molar-refractivity contribution in [3.63, 3.8) is 0 Å². The van der Waals surface area contributed by atoms with Crippen molar-refractivity contribution < 1.29 is 4.79 Å². The molecule has 1 aromatic heterocycles. The number of thioether (sulfide) groups is 1. The lowest BCUT2D eigenvalue weighted by Crippen LogP contribution is -2.15. The number of hydrogen-bond acceptors (Lipinski definition) is 5. The van der Waals surface area contributed by atoms with Crippen LogP contribution in [0.15, 0.2) is 41.3 Å². The fourth-order valence-corrected chi connectivity index (χ4v) is 2.08. The van der Waals surface area contributed by atoms with Crippen molar-refractivity contribution in [3.8, 4) is 0 Å². The summed E-state index contributed by atoms with van der Waals surface area (Å²) in [6.45, 7) is 2.91. The van der Waals surface area contributed by atoms with Gasteiger partial charge in [0.15, 0.2) is 5.69 Å². The number of carbonyl (C=O) groups is 1. The van der Waals surface area contributed by atoms with E-state index in [9.17, 15) is 4.79 Å². The third-order valence-corrected chi connectivity index (χ3v) is 3.54. The van der Waals surface area contributed by atoms with Crippen LogP contribution < -0.4 is 10.6 Å². The van der Waals surface area contributed by atoms with Gasteiger partial charge in [0.05, 0.1) is 0 Å². The molecule has 0 unspecified atom stereocenters. The van der Waals surface area contributed by atoms with Crippen molar-refractivity contribution in [3.05, 3.63) is 42.1 Å². The maximum absolute atomic E-state index is 12.1. The van der Waals surface area contributed by atoms with E-state index in [1.54, 1.807) is 23.9 Å². The van der Waals surface area contributed by atoms with Crippen molar-refractivity contribution in [2.24, 2.45) is 0 Å². The highest BCUT2D eigenvalue weighted by Crippen LogP contribution is 2.17. The molecule has 21 heavy (non-hydrogen) atoms. The fourth-order valence-electron chi connectivity index (χ4n) is 1.67. The first-order chi connectivity index (χ1) is 10.2. The summed E-state index contributed by atoms with van der Waals surface area (Å²) in [6, 6.07) is 11.1. The third-order valence-electron chi connectivity index (χ3n) is 2.80. The Balaban J connectivity index is 1.98. The van der Waals surface area contributed by atoms with Crippen molar-refractivity contribution in [2.45, 2.75) is 18.2 Å². The fraction of sp³-hybridized carbons (Fsp3) is 0.267. The van der Waals surface area contributed by atoms with Gasteiger partial charge in [0, 0.05) is 17.1 Å². The molecule has 0 aliphatic heterocycles. The normalized spacial score (nSPS) is 10.2. The summed E-state index contributed by atoms with van der Waals surface area (Å²) in [6.07, 6.45) is 3.02. The zero-order valence-corrected chi connectivity index (χ0v) is 12.9. The van der Waals surface area contributed by atoms with Crippen LogP contribution in [-0.2, 0) is 0 Å². The van der Waals surface area contributed by atoms with Crippen LogP contribution in [0.5, 0.6) is 0 Å². The van der Waals surface area contributed by atoms with Crippen LogP contribution in [0.25, 0.3) is 0 Å². The Morgan fingerprint density at radius 2 is 1.90 bits per heavy atom. The molecular formula is C15H18N4OS. The van der Waals surface area contributed by atoms with Gasteiger partial charge in [-0.05, 0) is 49.1 Å². The topological polar surface area (TPSA) is 66.9 Å². The average molecular weight is 302 g/mol. The van der Waals surface area contributed by atoms with E-state index in [1.165, 1.54) is 0 Å². The average Bonchev–Trinajstić information content (AvgIpc) is 2.54. The molecule has 0 aliphatic rings. The highest BCUT2D eigenvalue weighted by atomic mass is 32.2. The summed E-state index contributed by atoms with van der Waals surface area (Å²) in [5, 5.41) is 13.8. The molecule has 0 saturated heterocycles. The largest absolute Gasteiger partial charge is 0.369 e. The maximum atomic E-state index is 12.1. The summed E-state index contributed by atoms with van der Waals surface area (Å²) in [5.74, 6) is 0.416. The second-order valence-corrected chi connectivity index (χ2v) is 5.29. The van der Waals surface area contributed by atoms with Gasteiger partial charge in [-0.2, -0.15) is 0 Å². The number of hydrogen-bond donors (Lipinski definition) is 2. The lowest BCUT2D eigenvalue weighted by Gasteiger charge is -2.06. The first-order valence-corrected chi connectivity index (χ1v) is 7.98. The van der Waals surface area contributed by atoms with Crippen LogP contribution in [-0.4, -0.2) is 28.9 Å². The van der Waals surface area contributed by atoms with Crippen LogP contribution in [0.1, 0.15) is 23.8 Å². The molecule has 0 saturated carbocycles. The Kier molecular flexibility index (Phi) is 5.57. The molecule has 6 heteroatoms. The number of amides is 1. The minimum Gasteiger partial charge on any atom is -0.369 e. The van der Waals surface area contributed by atoms with Crippen LogP contribution in [0.4, 0.5) is 11.5 Å². The van der Waals surface area contributed by atoms with Crippen molar-refractivity contribution in [1.29, 1.82) is 0 Å². The van der Waals surface area contributed by atoms with E-state index in [0.29, 0.717) is 11.5 Å². The molecule has 110 valence electrons.